The van der Waals surface area contributed by atoms with E-state index in [2.05, 4.69) is 0 Å². The number of aryl methyl sites for hydroxylation is 1. The van der Waals surface area contributed by atoms with Gasteiger partial charge < -0.3 is 5.02 Å². The maximum absolute atomic E-state index is 13.1. The maximum atomic E-state index is 13.1. The van der Waals surface area contributed by atoms with Crippen LogP contribution in [0.5, 0.6) is 0 Å². The summed E-state index contributed by atoms with van der Waals surface area (Å²) in [6.45, 7) is 1.91. The second-order valence-electron chi connectivity index (χ2n) is 3.71. The summed E-state index contributed by atoms with van der Waals surface area (Å²) < 4.78 is 13.1. The summed E-state index contributed by atoms with van der Waals surface area (Å²) in [6, 6.07) is 12.1. The Kier molecular flexibility index (Phi) is 3.06. The SMILES string of the molecule is Cc1cc(-c2cccc(F)c2)ccc1[B]O. The van der Waals surface area contributed by atoms with Crippen LogP contribution in [0.15, 0.2) is 42.5 Å². The zero-order valence-corrected chi connectivity index (χ0v) is 8.94. The Labute approximate surface area is 94.8 Å². The molecule has 0 bridgehead atoms. The first kappa shape index (κ1) is 10.9. The van der Waals surface area contributed by atoms with E-state index in [0.29, 0.717) is 0 Å². The van der Waals surface area contributed by atoms with Gasteiger partial charge in [-0.2, -0.15) is 0 Å². The fourth-order valence-electron chi connectivity index (χ4n) is 1.67. The zero-order chi connectivity index (χ0) is 11.5. The fraction of sp³-hybridized carbons (Fsp3) is 0.0769. The van der Waals surface area contributed by atoms with Crippen LogP contribution in [0.4, 0.5) is 4.39 Å². The smallest absolute Gasteiger partial charge is 0.327 e. The van der Waals surface area contributed by atoms with Gasteiger partial charge in [-0.1, -0.05) is 41.4 Å². The molecule has 2 rings (SSSR count). The van der Waals surface area contributed by atoms with Crippen LogP contribution in [-0.2, 0) is 0 Å². The van der Waals surface area contributed by atoms with E-state index in [0.717, 1.165) is 29.6 Å². The van der Waals surface area contributed by atoms with E-state index in [-0.39, 0.29) is 5.82 Å². The van der Waals surface area contributed by atoms with E-state index in [1.165, 1.54) is 12.1 Å². The molecule has 0 heterocycles. The average molecular weight is 213 g/mol. The molecule has 0 amide bonds. The summed E-state index contributed by atoms with van der Waals surface area (Å²) in [7, 11) is 1.07. The van der Waals surface area contributed by atoms with Gasteiger partial charge in [0, 0.05) is 0 Å². The van der Waals surface area contributed by atoms with E-state index in [1.807, 2.05) is 31.2 Å². The van der Waals surface area contributed by atoms with Crippen LogP contribution in [0.3, 0.4) is 0 Å². The van der Waals surface area contributed by atoms with Crippen molar-refractivity contribution in [2.75, 3.05) is 0 Å². The highest BCUT2D eigenvalue weighted by Crippen LogP contribution is 2.20. The monoisotopic (exact) mass is 213 g/mol. The molecule has 3 heteroatoms. The Bertz CT molecular complexity index is 511. The lowest BCUT2D eigenvalue weighted by Gasteiger charge is -2.06. The number of halogens is 1. The molecule has 2 aromatic carbocycles. The third-order valence-corrected chi connectivity index (χ3v) is 2.57. The Morgan fingerprint density at radius 2 is 1.81 bits per heavy atom. The average Bonchev–Trinajstić information content (AvgIpc) is 2.29. The molecule has 0 aromatic heterocycles. The van der Waals surface area contributed by atoms with E-state index in [4.69, 9.17) is 5.02 Å². The van der Waals surface area contributed by atoms with Crippen molar-refractivity contribution in [1.29, 1.82) is 0 Å². The van der Waals surface area contributed by atoms with Gasteiger partial charge in [-0.05, 0) is 30.2 Å². The molecule has 79 valence electrons. The summed E-state index contributed by atoms with van der Waals surface area (Å²) in [5.41, 5.74) is 3.53. The molecule has 0 unspecified atom stereocenters. The molecule has 0 aliphatic heterocycles. The molecule has 0 atom stereocenters. The zero-order valence-electron chi connectivity index (χ0n) is 8.94. The predicted molar refractivity (Wildman–Crippen MR) is 64.2 cm³/mol. The van der Waals surface area contributed by atoms with Gasteiger partial charge in [0.2, 0.25) is 0 Å². The fourth-order valence-corrected chi connectivity index (χ4v) is 1.67. The van der Waals surface area contributed by atoms with Gasteiger partial charge in [0.25, 0.3) is 0 Å². The van der Waals surface area contributed by atoms with Gasteiger partial charge in [0.15, 0.2) is 0 Å². The third-order valence-electron chi connectivity index (χ3n) is 2.57. The Morgan fingerprint density at radius 3 is 2.44 bits per heavy atom. The van der Waals surface area contributed by atoms with Crippen LogP contribution in [0.2, 0.25) is 0 Å². The first-order valence-electron chi connectivity index (χ1n) is 5.05. The molecule has 0 spiro atoms. The van der Waals surface area contributed by atoms with Gasteiger partial charge in [0.05, 0.1) is 0 Å². The maximum Gasteiger partial charge on any atom is 0.327 e. The van der Waals surface area contributed by atoms with Gasteiger partial charge in [0.1, 0.15) is 5.82 Å². The second-order valence-corrected chi connectivity index (χ2v) is 3.71. The third kappa shape index (κ3) is 2.14. The van der Waals surface area contributed by atoms with Gasteiger partial charge in [-0.25, -0.2) is 4.39 Å². The molecular weight excluding hydrogens is 202 g/mol. The number of benzene rings is 2. The highest BCUT2D eigenvalue weighted by atomic mass is 19.1. The van der Waals surface area contributed by atoms with E-state index in [9.17, 15) is 4.39 Å². The lowest BCUT2D eigenvalue weighted by molar-refractivity contribution is 0.615. The van der Waals surface area contributed by atoms with Crippen molar-refractivity contribution >= 4 is 12.9 Å². The minimum Gasteiger partial charge on any atom is -0.450 e. The molecule has 0 saturated heterocycles. The molecule has 0 aliphatic carbocycles. The van der Waals surface area contributed by atoms with Crippen molar-refractivity contribution < 1.29 is 9.41 Å². The topological polar surface area (TPSA) is 20.2 Å². The number of rotatable bonds is 2. The molecule has 0 fully saturated rings. The first-order valence-corrected chi connectivity index (χ1v) is 5.05. The van der Waals surface area contributed by atoms with E-state index < -0.39 is 0 Å². The predicted octanol–water partition coefficient (Wildman–Crippen LogP) is 2.04. The lowest BCUT2D eigenvalue weighted by Crippen LogP contribution is -2.16. The van der Waals surface area contributed by atoms with Crippen molar-refractivity contribution in [3.63, 3.8) is 0 Å². The molecule has 0 saturated carbocycles. The Balaban J connectivity index is 2.45. The molecule has 1 nitrogen and oxygen atoms in total. The van der Waals surface area contributed by atoms with Gasteiger partial charge in [-0.3, -0.25) is 0 Å². The van der Waals surface area contributed by atoms with Crippen molar-refractivity contribution in [2.24, 2.45) is 0 Å². The van der Waals surface area contributed by atoms with Crippen LogP contribution >= 0.6 is 0 Å². The molecular formula is C13H11BFO. The first-order chi connectivity index (χ1) is 7.70. The minimum atomic E-state index is -0.243. The van der Waals surface area contributed by atoms with Crippen LogP contribution in [-0.4, -0.2) is 12.5 Å². The van der Waals surface area contributed by atoms with Crippen molar-refractivity contribution in [1.82, 2.24) is 0 Å². The van der Waals surface area contributed by atoms with Crippen molar-refractivity contribution in [2.45, 2.75) is 6.92 Å². The Morgan fingerprint density at radius 1 is 1.06 bits per heavy atom. The standard InChI is InChI=1S/C13H11BFO/c1-9-7-11(5-6-13(9)14-16)10-3-2-4-12(15)8-10/h2-8,16H,1H3. The van der Waals surface area contributed by atoms with Crippen LogP contribution in [0.1, 0.15) is 5.56 Å². The molecule has 16 heavy (non-hydrogen) atoms. The highest BCUT2D eigenvalue weighted by Gasteiger charge is 2.03. The number of hydrogen-bond acceptors (Lipinski definition) is 1. The van der Waals surface area contributed by atoms with Crippen LogP contribution in [0.25, 0.3) is 11.1 Å². The van der Waals surface area contributed by atoms with Crippen LogP contribution in [0, 0.1) is 12.7 Å². The number of hydrogen-bond donors (Lipinski definition) is 1. The summed E-state index contributed by atoms with van der Waals surface area (Å²) >= 11 is 0. The summed E-state index contributed by atoms with van der Waals surface area (Å²) in [4.78, 5) is 0. The molecule has 2 aromatic rings. The lowest BCUT2D eigenvalue weighted by atomic mass is 9.83. The quantitative estimate of drug-likeness (QED) is 0.756. The normalized spacial score (nSPS) is 10.2. The van der Waals surface area contributed by atoms with E-state index >= 15 is 0 Å². The summed E-state index contributed by atoms with van der Waals surface area (Å²) in [5.74, 6) is -0.243. The largest absolute Gasteiger partial charge is 0.450 e. The Hall–Kier alpha value is -1.61. The minimum absolute atomic E-state index is 0.243. The van der Waals surface area contributed by atoms with Gasteiger partial charge >= 0.3 is 7.48 Å². The summed E-state index contributed by atoms with van der Waals surface area (Å²) in [6.07, 6.45) is 0. The van der Waals surface area contributed by atoms with Gasteiger partial charge in [-0.15, -0.1) is 0 Å². The van der Waals surface area contributed by atoms with Crippen LogP contribution < -0.4 is 5.46 Å². The summed E-state index contributed by atoms with van der Waals surface area (Å²) in [5, 5.41) is 8.94. The van der Waals surface area contributed by atoms with E-state index in [1.54, 1.807) is 6.07 Å². The molecule has 0 aliphatic rings. The highest BCUT2D eigenvalue weighted by molar-refractivity contribution is 6.46. The molecule has 1 N–H and O–H groups in total. The van der Waals surface area contributed by atoms with Crippen molar-refractivity contribution in [3.05, 3.63) is 53.8 Å². The van der Waals surface area contributed by atoms with Crippen molar-refractivity contribution in [3.8, 4) is 11.1 Å². The molecule has 1 radical (unpaired) electrons. The second kappa shape index (κ2) is 4.50.